The van der Waals surface area contributed by atoms with Crippen molar-refractivity contribution in [2.75, 3.05) is 7.11 Å². The molecule has 21 heavy (non-hydrogen) atoms. The first-order chi connectivity index (χ1) is 9.90. The molecule has 0 atom stereocenters. The Morgan fingerprint density at radius 2 is 1.86 bits per heavy atom. The zero-order valence-electron chi connectivity index (χ0n) is 11.6. The van der Waals surface area contributed by atoms with Crippen LogP contribution in [0.15, 0.2) is 46.3 Å². The number of ether oxygens (including phenoxy) is 1. The lowest BCUT2D eigenvalue weighted by Gasteiger charge is -2.12. The van der Waals surface area contributed by atoms with E-state index in [0.717, 1.165) is 22.7 Å². The molecule has 1 heterocycles. The first kappa shape index (κ1) is 15.9. The van der Waals surface area contributed by atoms with Crippen LogP contribution in [0.25, 0.3) is 0 Å². The third-order valence-corrected chi connectivity index (χ3v) is 3.87. The molecule has 0 amide bonds. The average molecular weight is 313 g/mol. The van der Waals surface area contributed by atoms with E-state index in [1.54, 1.807) is 0 Å². The number of pyridine rings is 1. The van der Waals surface area contributed by atoms with Gasteiger partial charge >= 0.3 is 6.18 Å². The third kappa shape index (κ3) is 4.22. The maximum absolute atomic E-state index is 12.8. The SMILES string of the molecule is COCc1ncc(C(F)(F)F)cc1Sc1ccc(C)cc1. The lowest BCUT2D eigenvalue weighted by molar-refractivity contribution is -0.138. The third-order valence-electron chi connectivity index (χ3n) is 2.79. The van der Waals surface area contributed by atoms with Gasteiger partial charge in [-0.3, -0.25) is 4.98 Å². The first-order valence-corrected chi connectivity index (χ1v) is 7.01. The summed E-state index contributed by atoms with van der Waals surface area (Å²) < 4.78 is 43.4. The number of benzene rings is 1. The summed E-state index contributed by atoms with van der Waals surface area (Å²) >= 11 is 1.25. The van der Waals surface area contributed by atoms with Gasteiger partial charge in [-0.25, -0.2) is 0 Å². The van der Waals surface area contributed by atoms with Crippen molar-refractivity contribution in [3.63, 3.8) is 0 Å². The fourth-order valence-corrected chi connectivity index (χ4v) is 2.64. The summed E-state index contributed by atoms with van der Waals surface area (Å²) in [6.45, 7) is 2.13. The van der Waals surface area contributed by atoms with E-state index >= 15 is 0 Å². The molecule has 0 radical (unpaired) electrons. The molecule has 0 saturated heterocycles. The topological polar surface area (TPSA) is 22.1 Å². The van der Waals surface area contributed by atoms with Gasteiger partial charge in [-0.1, -0.05) is 29.5 Å². The minimum atomic E-state index is -4.40. The number of aromatic nitrogens is 1. The highest BCUT2D eigenvalue weighted by Crippen LogP contribution is 2.35. The number of rotatable bonds is 4. The van der Waals surface area contributed by atoms with Crippen molar-refractivity contribution in [2.24, 2.45) is 0 Å². The van der Waals surface area contributed by atoms with Crippen LogP contribution in [0.3, 0.4) is 0 Å². The van der Waals surface area contributed by atoms with Crippen molar-refractivity contribution in [3.05, 3.63) is 53.3 Å². The molecule has 2 aromatic rings. The Bertz CT molecular complexity index is 611. The van der Waals surface area contributed by atoms with Gasteiger partial charge in [0.25, 0.3) is 0 Å². The summed E-state index contributed by atoms with van der Waals surface area (Å²) in [5.74, 6) is 0. The highest BCUT2D eigenvalue weighted by molar-refractivity contribution is 7.99. The van der Waals surface area contributed by atoms with E-state index in [2.05, 4.69) is 4.98 Å². The summed E-state index contributed by atoms with van der Waals surface area (Å²) in [5, 5.41) is 0. The van der Waals surface area contributed by atoms with Crippen LogP contribution in [0.1, 0.15) is 16.8 Å². The smallest absolute Gasteiger partial charge is 0.378 e. The second-order valence-corrected chi connectivity index (χ2v) is 5.63. The van der Waals surface area contributed by atoms with Crippen molar-refractivity contribution < 1.29 is 17.9 Å². The lowest BCUT2D eigenvalue weighted by atomic mass is 10.2. The van der Waals surface area contributed by atoms with Gasteiger partial charge in [-0.15, -0.1) is 0 Å². The van der Waals surface area contributed by atoms with Gasteiger partial charge in [0.15, 0.2) is 0 Å². The standard InChI is InChI=1S/C15H14F3NOS/c1-10-3-5-12(6-4-10)21-14-7-11(15(16,17)18)8-19-13(14)9-20-2/h3-8H,9H2,1-2H3. The Kier molecular flexibility index (Phi) is 4.90. The molecule has 0 fully saturated rings. The molecule has 0 aliphatic heterocycles. The molecule has 0 unspecified atom stereocenters. The highest BCUT2D eigenvalue weighted by atomic mass is 32.2. The van der Waals surface area contributed by atoms with Crippen molar-refractivity contribution in [1.82, 2.24) is 4.98 Å². The minimum absolute atomic E-state index is 0.173. The van der Waals surface area contributed by atoms with Crippen molar-refractivity contribution in [3.8, 4) is 0 Å². The van der Waals surface area contributed by atoms with Crippen molar-refractivity contribution in [1.29, 1.82) is 0 Å². The molecule has 2 nitrogen and oxygen atoms in total. The Labute approximate surface area is 125 Å². The monoisotopic (exact) mass is 313 g/mol. The van der Waals surface area contributed by atoms with Crippen LogP contribution in [0, 0.1) is 6.92 Å². The number of hydrogen-bond acceptors (Lipinski definition) is 3. The van der Waals surface area contributed by atoms with Crippen LogP contribution in [-0.4, -0.2) is 12.1 Å². The lowest BCUT2D eigenvalue weighted by Crippen LogP contribution is -2.07. The van der Waals surface area contributed by atoms with Gasteiger partial charge in [0.05, 0.1) is 17.9 Å². The molecule has 1 aromatic carbocycles. The molecule has 0 spiro atoms. The van der Waals surface area contributed by atoms with Crippen LogP contribution in [0.4, 0.5) is 13.2 Å². The number of alkyl halides is 3. The summed E-state index contributed by atoms with van der Waals surface area (Å²) in [6.07, 6.45) is -3.56. The molecule has 112 valence electrons. The number of halogens is 3. The minimum Gasteiger partial charge on any atom is -0.378 e. The molecular weight excluding hydrogens is 299 g/mol. The quantitative estimate of drug-likeness (QED) is 0.816. The first-order valence-electron chi connectivity index (χ1n) is 6.19. The van der Waals surface area contributed by atoms with Crippen molar-refractivity contribution in [2.45, 2.75) is 29.5 Å². The highest BCUT2D eigenvalue weighted by Gasteiger charge is 2.31. The van der Waals surface area contributed by atoms with E-state index in [1.165, 1.54) is 18.9 Å². The average Bonchev–Trinajstić information content (AvgIpc) is 2.42. The number of nitrogens with zero attached hydrogens (tertiary/aromatic N) is 1. The summed E-state index contributed by atoms with van der Waals surface area (Å²) in [6, 6.07) is 8.69. The molecule has 0 N–H and O–H groups in total. The molecule has 0 bridgehead atoms. The second kappa shape index (κ2) is 6.49. The van der Waals surface area contributed by atoms with Crippen LogP contribution in [-0.2, 0) is 17.5 Å². The summed E-state index contributed by atoms with van der Waals surface area (Å²) in [5.41, 5.74) is 0.840. The zero-order chi connectivity index (χ0) is 15.5. The van der Waals surface area contributed by atoms with E-state index in [-0.39, 0.29) is 6.61 Å². The van der Waals surface area contributed by atoms with Gasteiger partial charge in [0.2, 0.25) is 0 Å². The Morgan fingerprint density at radius 1 is 1.19 bits per heavy atom. The van der Waals surface area contributed by atoms with E-state index < -0.39 is 11.7 Å². The summed E-state index contributed by atoms with van der Waals surface area (Å²) in [7, 11) is 1.49. The van der Waals surface area contributed by atoms with Gasteiger partial charge in [0, 0.05) is 23.1 Å². The number of aryl methyl sites for hydroxylation is 1. The van der Waals surface area contributed by atoms with Gasteiger partial charge in [-0.2, -0.15) is 13.2 Å². The maximum Gasteiger partial charge on any atom is 0.417 e. The second-order valence-electron chi connectivity index (χ2n) is 4.51. The Hall–Kier alpha value is -1.53. The van der Waals surface area contributed by atoms with E-state index in [1.807, 2.05) is 31.2 Å². The van der Waals surface area contributed by atoms with Crippen LogP contribution < -0.4 is 0 Å². The number of hydrogen-bond donors (Lipinski definition) is 0. The molecular formula is C15H14F3NOS. The van der Waals surface area contributed by atoms with Gasteiger partial charge in [-0.05, 0) is 25.1 Å². The Balaban J connectivity index is 2.36. The van der Waals surface area contributed by atoms with Crippen molar-refractivity contribution >= 4 is 11.8 Å². The van der Waals surface area contributed by atoms with Crippen LogP contribution in [0.5, 0.6) is 0 Å². The number of methoxy groups -OCH3 is 1. The van der Waals surface area contributed by atoms with E-state index in [0.29, 0.717) is 10.6 Å². The van der Waals surface area contributed by atoms with Gasteiger partial charge < -0.3 is 4.74 Å². The molecule has 0 saturated carbocycles. The van der Waals surface area contributed by atoms with E-state index in [9.17, 15) is 13.2 Å². The van der Waals surface area contributed by atoms with Crippen LogP contribution >= 0.6 is 11.8 Å². The largest absolute Gasteiger partial charge is 0.417 e. The molecule has 0 aliphatic rings. The normalized spacial score (nSPS) is 11.7. The molecule has 6 heteroatoms. The predicted octanol–water partition coefficient (Wildman–Crippen LogP) is 4.71. The predicted molar refractivity (Wildman–Crippen MR) is 75.3 cm³/mol. The van der Waals surface area contributed by atoms with Crippen LogP contribution in [0.2, 0.25) is 0 Å². The molecule has 0 aliphatic carbocycles. The maximum atomic E-state index is 12.8. The zero-order valence-corrected chi connectivity index (χ0v) is 12.4. The van der Waals surface area contributed by atoms with E-state index in [4.69, 9.17) is 4.74 Å². The molecule has 2 rings (SSSR count). The fourth-order valence-electron chi connectivity index (χ4n) is 1.69. The molecule has 1 aromatic heterocycles. The Morgan fingerprint density at radius 3 is 2.43 bits per heavy atom. The fraction of sp³-hybridized carbons (Fsp3) is 0.267. The summed E-state index contributed by atoms with van der Waals surface area (Å²) in [4.78, 5) is 5.20. The van der Waals surface area contributed by atoms with Gasteiger partial charge in [0.1, 0.15) is 0 Å².